The van der Waals surface area contributed by atoms with E-state index >= 15 is 0 Å². The van der Waals surface area contributed by atoms with E-state index in [0.29, 0.717) is 0 Å². The summed E-state index contributed by atoms with van der Waals surface area (Å²) in [5.41, 5.74) is 0. The number of aldehydes is 1. The molecule has 0 aromatic carbocycles. The molecule has 1 saturated heterocycles. The molecule has 130 valence electrons. The van der Waals surface area contributed by atoms with Gasteiger partial charge in [0.1, 0.15) is 42.7 Å². The van der Waals surface area contributed by atoms with Gasteiger partial charge in [-0.3, -0.25) is 0 Å². The third-order valence-corrected chi connectivity index (χ3v) is 3.47. The summed E-state index contributed by atoms with van der Waals surface area (Å²) in [5.74, 6) is 0. The number of ether oxygens (including phenoxy) is 2. The van der Waals surface area contributed by atoms with E-state index in [9.17, 15) is 35.4 Å². The fourth-order valence-electron chi connectivity index (χ4n) is 1.95. The Balaban J connectivity index is 2.52. The van der Waals surface area contributed by atoms with Crippen LogP contribution in [0.5, 0.6) is 0 Å². The summed E-state index contributed by atoms with van der Waals surface area (Å²) in [6, 6.07) is 0. The van der Waals surface area contributed by atoms with Crippen molar-refractivity contribution in [1.29, 1.82) is 0 Å². The summed E-state index contributed by atoms with van der Waals surface area (Å²) in [4.78, 5) is 10.3. The van der Waals surface area contributed by atoms with Crippen LogP contribution in [0, 0.1) is 0 Å². The Morgan fingerprint density at radius 2 is 1.64 bits per heavy atom. The number of aliphatic hydroxyl groups excluding tert-OH is 7. The Morgan fingerprint density at radius 1 is 1.05 bits per heavy atom. The number of carbonyl (C=O) groups is 1. The lowest BCUT2D eigenvalue weighted by Gasteiger charge is -2.39. The Labute approximate surface area is 126 Å². The summed E-state index contributed by atoms with van der Waals surface area (Å²) in [6.45, 7) is 0.812. The van der Waals surface area contributed by atoms with Gasteiger partial charge in [-0.05, 0) is 6.92 Å². The maximum Gasteiger partial charge on any atom is 0.186 e. The van der Waals surface area contributed by atoms with Crippen LogP contribution in [0.3, 0.4) is 0 Å². The highest BCUT2D eigenvalue weighted by molar-refractivity contribution is 5.56. The molecule has 0 aliphatic carbocycles. The highest BCUT2D eigenvalue weighted by Gasteiger charge is 2.43. The van der Waals surface area contributed by atoms with E-state index in [0.717, 1.165) is 0 Å². The van der Waals surface area contributed by atoms with Gasteiger partial charge < -0.3 is 50.0 Å². The van der Waals surface area contributed by atoms with Gasteiger partial charge in [-0.1, -0.05) is 0 Å². The molecule has 0 aromatic rings. The van der Waals surface area contributed by atoms with E-state index in [1.54, 1.807) is 0 Å². The number of hydrogen-bond donors (Lipinski definition) is 7. The molecule has 0 spiro atoms. The molecule has 1 heterocycles. The molecule has 10 heteroatoms. The summed E-state index contributed by atoms with van der Waals surface area (Å²) < 4.78 is 10.1. The van der Waals surface area contributed by atoms with Gasteiger partial charge in [0.05, 0.1) is 12.7 Å². The van der Waals surface area contributed by atoms with Crippen molar-refractivity contribution < 1.29 is 50.0 Å². The summed E-state index contributed by atoms with van der Waals surface area (Å²) in [7, 11) is 0. The minimum absolute atomic E-state index is 0.00507. The Morgan fingerprint density at radius 3 is 2.18 bits per heavy atom. The molecule has 0 aromatic heterocycles. The highest BCUT2D eigenvalue weighted by atomic mass is 16.7. The maximum atomic E-state index is 10.3. The van der Waals surface area contributed by atoms with Crippen LogP contribution < -0.4 is 0 Å². The molecular weight excluding hydrogens is 304 g/mol. The van der Waals surface area contributed by atoms with E-state index in [2.05, 4.69) is 0 Å². The van der Waals surface area contributed by atoms with Crippen molar-refractivity contribution >= 4 is 6.29 Å². The molecule has 0 saturated carbocycles. The van der Waals surface area contributed by atoms with Crippen LogP contribution in [-0.2, 0) is 14.3 Å². The summed E-state index contributed by atoms with van der Waals surface area (Å²) in [5, 5.41) is 66.3. The molecular formula is C12H22O10. The van der Waals surface area contributed by atoms with E-state index < -0.39 is 61.7 Å². The highest BCUT2D eigenvalue weighted by Crippen LogP contribution is 2.22. The van der Waals surface area contributed by atoms with E-state index in [4.69, 9.17) is 14.6 Å². The molecule has 0 bridgehead atoms. The van der Waals surface area contributed by atoms with Crippen molar-refractivity contribution in [2.45, 2.75) is 62.0 Å². The average Bonchev–Trinajstić information content (AvgIpc) is 2.52. The first-order chi connectivity index (χ1) is 10.2. The molecule has 1 rings (SSSR count). The van der Waals surface area contributed by atoms with Crippen LogP contribution in [0.1, 0.15) is 6.92 Å². The maximum absolute atomic E-state index is 10.3. The van der Waals surface area contributed by atoms with E-state index in [1.165, 1.54) is 6.92 Å². The number of rotatable bonds is 7. The first-order valence-corrected chi connectivity index (χ1v) is 6.69. The van der Waals surface area contributed by atoms with Gasteiger partial charge in [0.25, 0.3) is 0 Å². The van der Waals surface area contributed by atoms with Crippen molar-refractivity contribution in [2.24, 2.45) is 0 Å². The Bertz CT molecular complexity index is 353. The van der Waals surface area contributed by atoms with Crippen LogP contribution in [0.2, 0.25) is 0 Å². The van der Waals surface area contributed by atoms with Crippen LogP contribution in [0.15, 0.2) is 0 Å². The van der Waals surface area contributed by atoms with Crippen molar-refractivity contribution in [1.82, 2.24) is 0 Å². The van der Waals surface area contributed by atoms with Crippen LogP contribution >= 0.6 is 0 Å². The monoisotopic (exact) mass is 326 g/mol. The lowest BCUT2D eigenvalue weighted by molar-refractivity contribution is -0.299. The predicted molar refractivity (Wildman–Crippen MR) is 68.4 cm³/mol. The van der Waals surface area contributed by atoms with Gasteiger partial charge in [-0.15, -0.1) is 0 Å². The second-order valence-corrected chi connectivity index (χ2v) is 5.19. The molecule has 7 N–H and O–H groups in total. The number of hydrogen-bond acceptors (Lipinski definition) is 10. The van der Waals surface area contributed by atoms with Crippen LogP contribution in [0.25, 0.3) is 0 Å². The molecule has 22 heavy (non-hydrogen) atoms. The normalized spacial score (nSPS) is 38.1. The van der Waals surface area contributed by atoms with Gasteiger partial charge in [0, 0.05) is 0 Å². The molecule has 0 amide bonds. The summed E-state index contributed by atoms with van der Waals surface area (Å²) >= 11 is 0. The van der Waals surface area contributed by atoms with Crippen LogP contribution in [-0.4, -0.2) is 104 Å². The fourth-order valence-corrected chi connectivity index (χ4v) is 1.95. The van der Waals surface area contributed by atoms with Gasteiger partial charge in [-0.25, -0.2) is 0 Å². The third kappa shape index (κ3) is 4.41. The Kier molecular flexibility index (Phi) is 7.25. The second kappa shape index (κ2) is 8.24. The van der Waals surface area contributed by atoms with E-state index in [1.807, 2.05) is 0 Å². The van der Waals surface area contributed by atoms with Crippen LogP contribution in [0.4, 0.5) is 0 Å². The molecule has 0 radical (unpaired) electrons. The largest absolute Gasteiger partial charge is 0.388 e. The molecule has 1 aliphatic heterocycles. The zero-order chi connectivity index (χ0) is 17.0. The minimum atomic E-state index is -1.92. The van der Waals surface area contributed by atoms with Crippen molar-refractivity contribution in [3.63, 3.8) is 0 Å². The lowest BCUT2D eigenvalue weighted by Crippen LogP contribution is -2.58. The first kappa shape index (κ1) is 19.4. The second-order valence-electron chi connectivity index (χ2n) is 5.19. The van der Waals surface area contributed by atoms with Crippen molar-refractivity contribution in [3.05, 3.63) is 0 Å². The smallest absolute Gasteiger partial charge is 0.186 e. The average molecular weight is 326 g/mol. The van der Waals surface area contributed by atoms with Crippen molar-refractivity contribution in [2.75, 3.05) is 6.61 Å². The number of carbonyl (C=O) groups excluding carboxylic acids is 1. The zero-order valence-electron chi connectivity index (χ0n) is 11.8. The quantitative estimate of drug-likeness (QED) is 0.225. The van der Waals surface area contributed by atoms with Gasteiger partial charge >= 0.3 is 0 Å². The third-order valence-electron chi connectivity index (χ3n) is 3.47. The molecule has 0 unspecified atom stereocenters. The van der Waals surface area contributed by atoms with Gasteiger partial charge in [-0.2, -0.15) is 0 Å². The topological polar surface area (TPSA) is 177 Å². The standard InChI is InChI=1S/C12H22O10/c1-4-7(16)10(19)11(20)12(22-4)21-3-6(15)9(18)8(17)5(14)2-13/h2,4-12,14-20H,3H2,1H3/t4-,5-,6+,7-,8-,9-,10+,11+,12+/m0/s1. The molecule has 1 fully saturated rings. The minimum Gasteiger partial charge on any atom is -0.388 e. The fraction of sp³-hybridized carbons (Fsp3) is 0.917. The van der Waals surface area contributed by atoms with Crippen molar-refractivity contribution in [3.8, 4) is 0 Å². The first-order valence-electron chi connectivity index (χ1n) is 6.69. The Hall–Kier alpha value is -0.690. The zero-order valence-corrected chi connectivity index (χ0v) is 11.8. The van der Waals surface area contributed by atoms with Gasteiger partial charge in [0.2, 0.25) is 0 Å². The van der Waals surface area contributed by atoms with E-state index in [-0.39, 0.29) is 6.29 Å². The number of aliphatic hydroxyl groups is 7. The molecule has 10 nitrogen and oxygen atoms in total. The van der Waals surface area contributed by atoms with Gasteiger partial charge in [0.15, 0.2) is 12.6 Å². The summed E-state index contributed by atoms with van der Waals surface area (Å²) in [6.07, 6.45) is -14.0. The predicted octanol–water partition coefficient (Wildman–Crippen LogP) is -4.53. The SMILES string of the molecule is C[C@@H]1O[C@@H](OC[C@@H](O)[C@H](O)[C@@H](O)[C@@H](O)C=O)[C@H](O)[C@H](O)[C@H]1O. The molecule has 9 atom stereocenters. The molecule has 1 aliphatic rings. The lowest BCUT2D eigenvalue weighted by atomic mass is 10.00.